The molecule has 1 aromatic rings. The minimum Gasteiger partial charge on any atom is -0.454 e. The van der Waals surface area contributed by atoms with E-state index in [4.69, 9.17) is 4.74 Å². The zero-order valence-electron chi connectivity index (χ0n) is 13.7. The van der Waals surface area contributed by atoms with Crippen molar-refractivity contribution in [2.45, 2.75) is 37.6 Å². The molecule has 0 unspecified atom stereocenters. The number of para-hydroxylation sites is 1. The number of nitrogens with one attached hydrogen (secondary N) is 1. The smallest absolute Gasteiger partial charge is 0.330 e. The Kier molecular flexibility index (Phi) is 4.54. The van der Waals surface area contributed by atoms with Crippen molar-refractivity contribution >= 4 is 35.2 Å². The number of esters is 1. The van der Waals surface area contributed by atoms with Gasteiger partial charge in [0.25, 0.3) is 5.91 Å². The third kappa shape index (κ3) is 3.13. The number of hydrogen-bond acceptors (Lipinski definition) is 5. The molecule has 6 nitrogen and oxygen atoms in total. The zero-order valence-corrected chi connectivity index (χ0v) is 14.5. The van der Waals surface area contributed by atoms with Crippen LogP contribution in [0.3, 0.4) is 0 Å². The third-order valence-electron chi connectivity index (χ3n) is 4.48. The lowest BCUT2D eigenvalue weighted by atomic mass is 10.2. The molecule has 2 heterocycles. The van der Waals surface area contributed by atoms with Gasteiger partial charge in [0.1, 0.15) is 6.04 Å². The van der Waals surface area contributed by atoms with E-state index in [9.17, 15) is 14.4 Å². The molecule has 1 aromatic carbocycles. The van der Waals surface area contributed by atoms with Gasteiger partial charge in [-0.15, -0.1) is 11.8 Å². The topological polar surface area (TPSA) is 75.7 Å². The quantitative estimate of drug-likeness (QED) is 0.842. The zero-order chi connectivity index (χ0) is 17.3. The van der Waals surface area contributed by atoms with E-state index in [2.05, 4.69) is 5.32 Å². The first kappa shape index (κ1) is 16.8. The number of thioether (sulfide) groups is 1. The molecule has 7 heteroatoms. The van der Waals surface area contributed by atoms with Gasteiger partial charge in [-0.1, -0.05) is 18.2 Å². The van der Waals surface area contributed by atoms with E-state index < -0.39 is 12.0 Å². The highest BCUT2D eigenvalue weighted by atomic mass is 32.2. The molecule has 0 radical (unpaired) electrons. The Hall–Kier alpha value is -2.02. The van der Waals surface area contributed by atoms with Crippen LogP contribution >= 0.6 is 11.8 Å². The average molecular weight is 348 g/mol. The van der Waals surface area contributed by atoms with Crippen molar-refractivity contribution in [2.75, 3.05) is 17.7 Å². The van der Waals surface area contributed by atoms with Crippen LogP contribution in [-0.4, -0.2) is 46.0 Å². The van der Waals surface area contributed by atoms with Crippen molar-refractivity contribution in [1.82, 2.24) is 4.90 Å². The number of carbonyl (C=O) groups excluding carboxylic acids is 3. The lowest BCUT2D eigenvalue weighted by Gasteiger charge is -2.29. The van der Waals surface area contributed by atoms with Gasteiger partial charge in [0.15, 0.2) is 6.61 Å². The molecular weight excluding hydrogens is 328 g/mol. The molecule has 0 saturated carbocycles. The summed E-state index contributed by atoms with van der Waals surface area (Å²) in [6.45, 7) is 3.50. The number of nitrogens with zero attached hydrogens (tertiary/aromatic N) is 1. The van der Waals surface area contributed by atoms with Crippen molar-refractivity contribution in [3.8, 4) is 0 Å². The van der Waals surface area contributed by atoms with Gasteiger partial charge in [-0.3, -0.25) is 9.59 Å². The van der Waals surface area contributed by atoms with Crippen LogP contribution in [0.25, 0.3) is 0 Å². The van der Waals surface area contributed by atoms with Crippen molar-refractivity contribution in [3.63, 3.8) is 0 Å². The van der Waals surface area contributed by atoms with Crippen molar-refractivity contribution in [1.29, 1.82) is 0 Å². The van der Waals surface area contributed by atoms with E-state index in [1.165, 1.54) is 0 Å². The molecule has 0 aliphatic carbocycles. The summed E-state index contributed by atoms with van der Waals surface area (Å²) in [7, 11) is 0. The Morgan fingerprint density at radius 2 is 2.17 bits per heavy atom. The largest absolute Gasteiger partial charge is 0.454 e. The molecule has 2 fully saturated rings. The monoisotopic (exact) mass is 348 g/mol. The van der Waals surface area contributed by atoms with Gasteiger partial charge >= 0.3 is 5.97 Å². The molecule has 2 aliphatic heterocycles. The van der Waals surface area contributed by atoms with E-state index in [0.29, 0.717) is 17.9 Å². The average Bonchev–Trinajstić information content (AvgIpc) is 3.04. The number of amides is 2. The predicted octanol–water partition coefficient (Wildman–Crippen LogP) is 1.93. The number of benzene rings is 1. The molecule has 2 saturated heterocycles. The predicted molar refractivity (Wildman–Crippen MR) is 91.5 cm³/mol. The summed E-state index contributed by atoms with van der Waals surface area (Å²) in [5.41, 5.74) is 1.63. The molecule has 2 atom stereocenters. The summed E-state index contributed by atoms with van der Waals surface area (Å²) >= 11 is 1.60. The minimum atomic E-state index is -0.596. The summed E-state index contributed by atoms with van der Waals surface area (Å²) in [5, 5.41) is 2.72. The number of carbonyl (C=O) groups is 3. The first-order chi connectivity index (χ1) is 11.4. The summed E-state index contributed by atoms with van der Waals surface area (Å²) < 4.78 is 5.14. The molecule has 0 bridgehead atoms. The number of rotatable bonds is 4. The van der Waals surface area contributed by atoms with Gasteiger partial charge in [0, 0.05) is 17.9 Å². The fourth-order valence-electron chi connectivity index (χ4n) is 3.13. The number of anilines is 1. The molecule has 2 amide bonds. The maximum absolute atomic E-state index is 12.3. The van der Waals surface area contributed by atoms with Crippen LogP contribution in [0.15, 0.2) is 24.3 Å². The maximum Gasteiger partial charge on any atom is 0.330 e. The molecule has 1 N–H and O–H groups in total. The highest BCUT2D eigenvalue weighted by molar-refractivity contribution is 8.01. The SMILES string of the molecule is Cc1ccccc1NC(=O)COC(=O)[C@@H]1CS[C@@]2(C)CCC(=O)N12. The van der Waals surface area contributed by atoms with Crippen LogP contribution in [0.5, 0.6) is 0 Å². The Balaban J connectivity index is 1.55. The molecule has 0 aromatic heterocycles. The van der Waals surface area contributed by atoms with Crippen LogP contribution in [0.2, 0.25) is 0 Å². The number of ether oxygens (including phenoxy) is 1. The molecule has 3 rings (SSSR count). The number of aryl methyl sites for hydroxylation is 1. The van der Waals surface area contributed by atoms with Crippen molar-refractivity contribution in [2.24, 2.45) is 0 Å². The molecule has 128 valence electrons. The van der Waals surface area contributed by atoms with Gasteiger partial charge in [-0.2, -0.15) is 0 Å². The van der Waals surface area contributed by atoms with E-state index in [-0.39, 0.29) is 23.3 Å². The number of hydrogen-bond donors (Lipinski definition) is 1. The maximum atomic E-state index is 12.3. The Morgan fingerprint density at radius 3 is 2.92 bits per heavy atom. The van der Waals surface area contributed by atoms with Gasteiger partial charge in [-0.05, 0) is 31.9 Å². The molecule has 24 heavy (non-hydrogen) atoms. The molecular formula is C17H20N2O4S. The normalized spacial score (nSPS) is 25.5. The summed E-state index contributed by atoms with van der Waals surface area (Å²) in [5.74, 6) is -0.408. The summed E-state index contributed by atoms with van der Waals surface area (Å²) in [6.07, 6.45) is 1.20. The number of fused-ring (bicyclic) bond motifs is 1. The second kappa shape index (κ2) is 6.47. The van der Waals surface area contributed by atoms with Crippen molar-refractivity contribution in [3.05, 3.63) is 29.8 Å². The van der Waals surface area contributed by atoms with Crippen LogP contribution in [0.1, 0.15) is 25.3 Å². The van der Waals surface area contributed by atoms with Crippen molar-refractivity contribution < 1.29 is 19.1 Å². The fraction of sp³-hybridized carbons (Fsp3) is 0.471. The Labute approximate surface area is 144 Å². The Morgan fingerprint density at radius 1 is 1.42 bits per heavy atom. The van der Waals surface area contributed by atoms with E-state index in [1.54, 1.807) is 22.7 Å². The molecule has 0 spiro atoms. The van der Waals surface area contributed by atoms with Crippen LogP contribution in [-0.2, 0) is 19.1 Å². The van der Waals surface area contributed by atoms with E-state index in [0.717, 1.165) is 12.0 Å². The minimum absolute atomic E-state index is 0.0196. The van der Waals surface area contributed by atoms with Gasteiger partial charge in [-0.25, -0.2) is 4.79 Å². The van der Waals surface area contributed by atoms with Crippen LogP contribution in [0.4, 0.5) is 5.69 Å². The van der Waals surface area contributed by atoms with E-state index in [1.807, 2.05) is 32.0 Å². The van der Waals surface area contributed by atoms with Crippen LogP contribution < -0.4 is 5.32 Å². The summed E-state index contributed by atoms with van der Waals surface area (Å²) in [6, 6.07) is 6.78. The Bertz CT molecular complexity index is 693. The highest BCUT2D eigenvalue weighted by Gasteiger charge is 2.53. The second-order valence-corrected chi connectivity index (χ2v) is 7.74. The fourth-order valence-corrected chi connectivity index (χ4v) is 4.54. The lowest BCUT2D eigenvalue weighted by molar-refractivity contribution is -0.155. The third-order valence-corrected chi connectivity index (χ3v) is 5.99. The molecule has 2 aliphatic rings. The van der Waals surface area contributed by atoms with Crippen LogP contribution in [0, 0.1) is 6.92 Å². The standard InChI is InChI=1S/C17H20N2O4S/c1-11-5-3-4-6-12(11)18-14(20)9-23-16(22)13-10-24-17(2)8-7-15(21)19(13)17/h3-6,13H,7-10H2,1-2H3,(H,18,20)/t13-,17-/m0/s1. The lowest BCUT2D eigenvalue weighted by Crippen LogP contribution is -2.47. The van der Waals surface area contributed by atoms with E-state index >= 15 is 0 Å². The summed E-state index contributed by atoms with van der Waals surface area (Å²) in [4.78, 5) is 37.6. The van der Waals surface area contributed by atoms with Gasteiger partial charge < -0.3 is 15.0 Å². The van der Waals surface area contributed by atoms with Gasteiger partial charge in [0.05, 0.1) is 4.87 Å². The highest BCUT2D eigenvalue weighted by Crippen LogP contribution is 2.47. The first-order valence-electron chi connectivity index (χ1n) is 7.89. The van der Waals surface area contributed by atoms with Gasteiger partial charge in [0.2, 0.25) is 5.91 Å². The second-order valence-electron chi connectivity index (χ2n) is 6.24. The first-order valence-corrected chi connectivity index (χ1v) is 8.87.